The summed E-state index contributed by atoms with van der Waals surface area (Å²) in [5, 5.41) is 4.21. The Labute approximate surface area is 125 Å². The first kappa shape index (κ1) is 14.1. The minimum Gasteiger partial charge on any atom is -0.376 e. The Bertz CT molecular complexity index is 458. The molecule has 2 aliphatic rings. The van der Waals surface area contributed by atoms with Crippen LogP contribution in [0.3, 0.4) is 0 Å². The van der Waals surface area contributed by atoms with Crippen LogP contribution in [-0.2, 0) is 11.3 Å². The molecule has 1 aromatic rings. The van der Waals surface area contributed by atoms with Crippen LogP contribution >= 0.6 is 11.6 Å². The van der Waals surface area contributed by atoms with E-state index in [2.05, 4.69) is 22.2 Å². The number of anilines is 1. The van der Waals surface area contributed by atoms with Crippen LogP contribution in [0.5, 0.6) is 0 Å². The summed E-state index contributed by atoms with van der Waals surface area (Å²) >= 11 is 6.23. The lowest BCUT2D eigenvalue weighted by Gasteiger charge is -2.22. The highest BCUT2D eigenvalue weighted by Crippen LogP contribution is 2.23. The van der Waals surface area contributed by atoms with E-state index >= 15 is 0 Å². The van der Waals surface area contributed by atoms with Gasteiger partial charge in [-0.1, -0.05) is 11.6 Å². The standard InChI is InChI=1S/C15H22ClN3O/c1-19(10-12-3-2-8-20-12)15-7-6-13(16)14(18-15)9-17-11-4-5-11/h6-7,11-12,17H,2-5,8-10H2,1H3. The molecule has 1 unspecified atom stereocenters. The van der Waals surface area contributed by atoms with E-state index in [0.717, 1.165) is 42.7 Å². The van der Waals surface area contributed by atoms with Crippen LogP contribution in [0.25, 0.3) is 0 Å². The van der Waals surface area contributed by atoms with Crippen molar-refractivity contribution in [3.63, 3.8) is 0 Å². The molecule has 0 spiro atoms. The van der Waals surface area contributed by atoms with Crippen molar-refractivity contribution in [3.8, 4) is 0 Å². The van der Waals surface area contributed by atoms with E-state index in [1.54, 1.807) is 0 Å². The zero-order chi connectivity index (χ0) is 13.9. The molecule has 5 heteroatoms. The highest BCUT2D eigenvalue weighted by atomic mass is 35.5. The molecule has 4 nitrogen and oxygen atoms in total. The molecular formula is C15H22ClN3O. The molecule has 1 N–H and O–H groups in total. The van der Waals surface area contributed by atoms with Gasteiger partial charge in [0.15, 0.2) is 0 Å². The largest absolute Gasteiger partial charge is 0.376 e. The molecule has 3 rings (SSSR count). The molecule has 1 saturated carbocycles. The predicted octanol–water partition coefficient (Wildman–Crippen LogP) is 2.60. The third-order valence-electron chi connectivity index (χ3n) is 3.93. The average Bonchev–Trinajstić information content (AvgIpc) is 3.14. The van der Waals surface area contributed by atoms with E-state index in [1.807, 2.05) is 12.1 Å². The SMILES string of the molecule is CN(CC1CCCO1)c1ccc(Cl)c(CNC2CC2)n1. The van der Waals surface area contributed by atoms with Crippen molar-refractivity contribution < 1.29 is 4.74 Å². The van der Waals surface area contributed by atoms with E-state index < -0.39 is 0 Å². The number of aromatic nitrogens is 1. The fourth-order valence-corrected chi connectivity index (χ4v) is 2.70. The summed E-state index contributed by atoms with van der Waals surface area (Å²) in [5.74, 6) is 0.970. The lowest BCUT2D eigenvalue weighted by molar-refractivity contribution is 0.116. The maximum absolute atomic E-state index is 6.23. The monoisotopic (exact) mass is 295 g/mol. The molecule has 0 amide bonds. The molecule has 110 valence electrons. The quantitative estimate of drug-likeness (QED) is 0.875. The number of nitrogens with zero attached hydrogens (tertiary/aromatic N) is 2. The van der Waals surface area contributed by atoms with Crippen LogP contribution in [0.2, 0.25) is 5.02 Å². The minimum absolute atomic E-state index is 0.338. The normalized spacial score (nSPS) is 22.2. The summed E-state index contributed by atoms with van der Waals surface area (Å²) in [7, 11) is 2.07. The smallest absolute Gasteiger partial charge is 0.128 e. The van der Waals surface area contributed by atoms with Gasteiger partial charge in [-0.05, 0) is 37.8 Å². The van der Waals surface area contributed by atoms with Gasteiger partial charge in [0.05, 0.1) is 16.8 Å². The maximum Gasteiger partial charge on any atom is 0.128 e. The second-order valence-electron chi connectivity index (χ2n) is 5.77. The summed E-state index contributed by atoms with van der Waals surface area (Å²) in [5.41, 5.74) is 0.940. The van der Waals surface area contributed by atoms with Crippen molar-refractivity contribution in [2.45, 2.75) is 44.4 Å². The fourth-order valence-electron chi connectivity index (χ4n) is 2.53. The van der Waals surface area contributed by atoms with Gasteiger partial charge in [-0.25, -0.2) is 4.98 Å². The van der Waals surface area contributed by atoms with Crippen molar-refractivity contribution in [1.29, 1.82) is 0 Å². The molecule has 1 atom stereocenters. The molecule has 1 aliphatic carbocycles. The summed E-state index contributed by atoms with van der Waals surface area (Å²) < 4.78 is 5.68. The van der Waals surface area contributed by atoms with Gasteiger partial charge in [0.1, 0.15) is 5.82 Å². The number of likely N-dealkylation sites (N-methyl/N-ethyl adjacent to an activating group) is 1. The van der Waals surface area contributed by atoms with Crippen molar-refractivity contribution in [2.75, 3.05) is 25.1 Å². The third kappa shape index (κ3) is 3.62. The summed E-state index contributed by atoms with van der Waals surface area (Å²) in [6, 6.07) is 4.60. The van der Waals surface area contributed by atoms with Crippen molar-refractivity contribution >= 4 is 17.4 Å². The van der Waals surface area contributed by atoms with Gasteiger partial charge in [-0.2, -0.15) is 0 Å². The molecule has 2 fully saturated rings. The zero-order valence-electron chi connectivity index (χ0n) is 11.9. The van der Waals surface area contributed by atoms with Crippen molar-refractivity contribution in [3.05, 3.63) is 22.8 Å². The number of rotatable bonds is 6. The molecule has 1 aromatic heterocycles. The average molecular weight is 296 g/mol. The van der Waals surface area contributed by atoms with Gasteiger partial charge in [0.25, 0.3) is 0 Å². The highest BCUT2D eigenvalue weighted by molar-refractivity contribution is 6.31. The van der Waals surface area contributed by atoms with Crippen LogP contribution in [0.4, 0.5) is 5.82 Å². The number of ether oxygens (including phenoxy) is 1. The van der Waals surface area contributed by atoms with E-state index in [9.17, 15) is 0 Å². The number of hydrogen-bond acceptors (Lipinski definition) is 4. The van der Waals surface area contributed by atoms with Crippen LogP contribution in [0.15, 0.2) is 12.1 Å². The van der Waals surface area contributed by atoms with Gasteiger partial charge in [0, 0.05) is 32.8 Å². The second kappa shape index (κ2) is 6.29. The fraction of sp³-hybridized carbons (Fsp3) is 0.667. The van der Waals surface area contributed by atoms with Crippen LogP contribution < -0.4 is 10.2 Å². The summed E-state index contributed by atoms with van der Waals surface area (Å²) in [6.45, 7) is 2.54. The van der Waals surface area contributed by atoms with E-state index in [-0.39, 0.29) is 0 Å². The Hall–Kier alpha value is -0.840. The van der Waals surface area contributed by atoms with Crippen LogP contribution in [0, 0.1) is 0 Å². The minimum atomic E-state index is 0.338. The maximum atomic E-state index is 6.23. The Morgan fingerprint density at radius 1 is 1.40 bits per heavy atom. The van der Waals surface area contributed by atoms with Gasteiger partial charge >= 0.3 is 0 Å². The Kier molecular flexibility index (Phi) is 4.44. The van der Waals surface area contributed by atoms with Gasteiger partial charge in [-0.3, -0.25) is 0 Å². The molecule has 0 bridgehead atoms. The lowest BCUT2D eigenvalue weighted by Crippen LogP contribution is -2.29. The lowest BCUT2D eigenvalue weighted by atomic mass is 10.2. The van der Waals surface area contributed by atoms with Crippen molar-refractivity contribution in [1.82, 2.24) is 10.3 Å². The van der Waals surface area contributed by atoms with Crippen LogP contribution in [0.1, 0.15) is 31.4 Å². The Morgan fingerprint density at radius 2 is 2.25 bits per heavy atom. The van der Waals surface area contributed by atoms with E-state index in [0.29, 0.717) is 12.1 Å². The van der Waals surface area contributed by atoms with Gasteiger partial charge in [0.2, 0.25) is 0 Å². The first-order chi connectivity index (χ1) is 9.72. The molecule has 0 aromatic carbocycles. The number of halogens is 1. The number of hydrogen-bond donors (Lipinski definition) is 1. The molecular weight excluding hydrogens is 274 g/mol. The first-order valence-corrected chi connectivity index (χ1v) is 7.82. The van der Waals surface area contributed by atoms with E-state index in [1.165, 1.54) is 19.3 Å². The van der Waals surface area contributed by atoms with Gasteiger partial charge < -0.3 is 15.0 Å². The topological polar surface area (TPSA) is 37.4 Å². The Balaban J connectivity index is 1.63. The number of nitrogens with one attached hydrogen (secondary N) is 1. The number of pyridine rings is 1. The third-order valence-corrected chi connectivity index (χ3v) is 4.28. The molecule has 1 saturated heterocycles. The van der Waals surface area contributed by atoms with Crippen molar-refractivity contribution in [2.24, 2.45) is 0 Å². The highest BCUT2D eigenvalue weighted by Gasteiger charge is 2.21. The molecule has 20 heavy (non-hydrogen) atoms. The van der Waals surface area contributed by atoms with Gasteiger partial charge in [-0.15, -0.1) is 0 Å². The molecule has 1 aliphatic heterocycles. The summed E-state index contributed by atoms with van der Waals surface area (Å²) in [4.78, 5) is 6.85. The van der Waals surface area contributed by atoms with E-state index in [4.69, 9.17) is 16.3 Å². The predicted molar refractivity (Wildman–Crippen MR) is 81.4 cm³/mol. The van der Waals surface area contributed by atoms with Crippen LogP contribution in [-0.4, -0.2) is 37.3 Å². The first-order valence-electron chi connectivity index (χ1n) is 7.44. The summed E-state index contributed by atoms with van der Waals surface area (Å²) in [6.07, 6.45) is 5.20. The molecule has 2 heterocycles. The second-order valence-corrected chi connectivity index (χ2v) is 6.18. The zero-order valence-corrected chi connectivity index (χ0v) is 12.7. The molecule has 0 radical (unpaired) electrons. The Morgan fingerprint density at radius 3 is 2.95 bits per heavy atom.